The molecule has 1 aromatic rings. The molecule has 6 heteroatoms. The first-order valence-electron chi connectivity index (χ1n) is 6.05. The molecule has 2 heterocycles. The Hall–Kier alpha value is -0.590. The molecule has 0 saturated carbocycles. The second-order valence-electron chi connectivity index (χ2n) is 5.30. The normalized spacial score (nSPS) is 30.1. The molecule has 1 aromatic carbocycles. The van der Waals surface area contributed by atoms with E-state index in [-0.39, 0.29) is 18.1 Å². The van der Waals surface area contributed by atoms with Crippen LogP contribution >= 0.6 is 15.9 Å². The van der Waals surface area contributed by atoms with E-state index in [1.54, 1.807) is 6.07 Å². The van der Waals surface area contributed by atoms with Crippen LogP contribution in [-0.2, 0) is 17.5 Å². The van der Waals surface area contributed by atoms with Crippen LogP contribution in [0.5, 0.6) is 0 Å². The van der Waals surface area contributed by atoms with Crippen molar-refractivity contribution in [3.63, 3.8) is 0 Å². The van der Waals surface area contributed by atoms with Gasteiger partial charge in [-0.05, 0) is 30.2 Å². The number of fused-ring (bicyclic) bond motifs is 3. The van der Waals surface area contributed by atoms with E-state index in [4.69, 9.17) is 4.74 Å². The van der Waals surface area contributed by atoms with Crippen molar-refractivity contribution in [2.24, 2.45) is 0 Å². The predicted molar refractivity (Wildman–Crippen MR) is 67.9 cm³/mol. The van der Waals surface area contributed by atoms with Crippen LogP contribution in [0.3, 0.4) is 0 Å². The molecule has 2 aliphatic rings. The zero-order chi connectivity index (χ0) is 13.8. The van der Waals surface area contributed by atoms with Gasteiger partial charge in [0.15, 0.2) is 0 Å². The second-order valence-corrected chi connectivity index (χ2v) is 6.22. The topological polar surface area (TPSA) is 21.3 Å². The van der Waals surface area contributed by atoms with Crippen LogP contribution in [0, 0.1) is 0 Å². The maximum atomic E-state index is 13.1. The second kappa shape index (κ2) is 4.20. The van der Waals surface area contributed by atoms with Crippen molar-refractivity contribution < 1.29 is 17.9 Å². The number of nitrogens with one attached hydrogen (secondary N) is 1. The van der Waals surface area contributed by atoms with Crippen LogP contribution in [0.25, 0.3) is 0 Å². The monoisotopic (exact) mass is 335 g/mol. The molecular formula is C13H13BrF3NO. The van der Waals surface area contributed by atoms with Crippen molar-refractivity contribution in [2.45, 2.75) is 31.2 Å². The van der Waals surface area contributed by atoms with Crippen LogP contribution in [0.2, 0.25) is 0 Å². The summed E-state index contributed by atoms with van der Waals surface area (Å²) >= 11 is 3.19. The average molecular weight is 336 g/mol. The smallest absolute Gasteiger partial charge is 0.369 e. The highest BCUT2D eigenvalue weighted by Gasteiger charge is 2.47. The van der Waals surface area contributed by atoms with E-state index in [0.29, 0.717) is 17.6 Å². The van der Waals surface area contributed by atoms with Gasteiger partial charge in [-0.15, -0.1) is 0 Å². The summed E-state index contributed by atoms with van der Waals surface area (Å²) in [7, 11) is 0. The highest BCUT2D eigenvalue weighted by Crippen LogP contribution is 2.46. The number of benzene rings is 1. The highest BCUT2D eigenvalue weighted by atomic mass is 79.9. The number of rotatable bonds is 0. The average Bonchev–Trinajstić information content (AvgIpc) is 2.69. The van der Waals surface area contributed by atoms with E-state index in [0.717, 1.165) is 11.6 Å². The first-order chi connectivity index (χ1) is 8.81. The van der Waals surface area contributed by atoms with Crippen LogP contribution < -0.4 is 5.32 Å². The fourth-order valence-corrected chi connectivity index (χ4v) is 3.49. The summed E-state index contributed by atoms with van der Waals surface area (Å²) in [5, 5.41) is 3.20. The van der Waals surface area contributed by atoms with E-state index in [2.05, 4.69) is 21.2 Å². The van der Waals surface area contributed by atoms with E-state index < -0.39 is 17.3 Å². The molecule has 2 aliphatic heterocycles. The van der Waals surface area contributed by atoms with Gasteiger partial charge in [-0.3, -0.25) is 0 Å². The maximum Gasteiger partial charge on any atom is 0.416 e. The quantitative estimate of drug-likeness (QED) is 0.784. The molecule has 104 valence electrons. The summed E-state index contributed by atoms with van der Waals surface area (Å²) in [4.78, 5) is 0. The number of hydrogen-bond donors (Lipinski definition) is 1. The molecule has 0 spiro atoms. The molecular weight excluding hydrogens is 323 g/mol. The first-order valence-corrected chi connectivity index (χ1v) is 6.85. The summed E-state index contributed by atoms with van der Waals surface area (Å²) in [6.07, 6.45) is -4.35. The van der Waals surface area contributed by atoms with Gasteiger partial charge in [0.1, 0.15) is 0 Å². The van der Waals surface area contributed by atoms with Gasteiger partial charge >= 0.3 is 6.18 Å². The molecule has 1 N–H and O–H groups in total. The van der Waals surface area contributed by atoms with Gasteiger partial charge in [0, 0.05) is 23.5 Å². The predicted octanol–water partition coefficient (Wildman–Crippen LogP) is 3.44. The Kier molecular flexibility index (Phi) is 2.96. The summed E-state index contributed by atoms with van der Waals surface area (Å²) < 4.78 is 45.5. The molecule has 0 aliphatic carbocycles. The summed E-state index contributed by atoms with van der Waals surface area (Å²) in [5.41, 5.74) is 0.0320. The lowest BCUT2D eigenvalue weighted by Gasteiger charge is -2.38. The molecule has 2 unspecified atom stereocenters. The lowest BCUT2D eigenvalue weighted by molar-refractivity contribution is -0.141. The third kappa shape index (κ3) is 2.10. The zero-order valence-corrected chi connectivity index (χ0v) is 11.9. The third-order valence-electron chi connectivity index (χ3n) is 4.04. The van der Waals surface area contributed by atoms with Gasteiger partial charge in [0.05, 0.1) is 17.8 Å². The van der Waals surface area contributed by atoms with Crippen LogP contribution in [-0.4, -0.2) is 18.7 Å². The fraction of sp³-hybridized carbons (Fsp3) is 0.538. The van der Waals surface area contributed by atoms with Gasteiger partial charge in [0.2, 0.25) is 0 Å². The minimum Gasteiger partial charge on any atom is -0.369 e. The summed E-state index contributed by atoms with van der Waals surface area (Å²) in [6.45, 7) is 3.29. The molecule has 3 rings (SSSR count). The van der Waals surface area contributed by atoms with Crippen LogP contribution in [0.4, 0.5) is 13.2 Å². The van der Waals surface area contributed by atoms with Crippen LogP contribution in [0.15, 0.2) is 16.6 Å². The number of halogens is 4. The van der Waals surface area contributed by atoms with Gasteiger partial charge in [0.25, 0.3) is 0 Å². The largest absolute Gasteiger partial charge is 0.416 e. The molecule has 0 aromatic heterocycles. The molecule has 1 fully saturated rings. The van der Waals surface area contributed by atoms with Crippen molar-refractivity contribution in [3.8, 4) is 0 Å². The van der Waals surface area contributed by atoms with Crippen molar-refractivity contribution in [2.75, 3.05) is 13.1 Å². The minimum absolute atomic E-state index is 0.0200. The van der Waals surface area contributed by atoms with Gasteiger partial charge in [-0.25, -0.2) is 0 Å². The number of ether oxygens (including phenoxy) is 1. The Bertz CT molecular complexity index is 531. The fourth-order valence-electron chi connectivity index (χ4n) is 3.01. The van der Waals surface area contributed by atoms with E-state index >= 15 is 0 Å². The standard InChI is InChI=1S/C13H13BrF3NO/c1-12-6-18-4-11(12)8-2-7(14)3-10(13(15,16)17)9(8)5-19-12/h2-3,11,18H,4-6H2,1H3. The Morgan fingerprint density at radius 1 is 1.42 bits per heavy atom. The molecule has 0 radical (unpaired) electrons. The van der Waals surface area contributed by atoms with Crippen molar-refractivity contribution in [3.05, 3.63) is 33.3 Å². The van der Waals surface area contributed by atoms with Crippen molar-refractivity contribution in [1.29, 1.82) is 0 Å². The van der Waals surface area contributed by atoms with E-state index in [9.17, 15) is 13.2 Å². The molecule has 1 saturated heterocycles. The molecule has 2 nitrogen and oxygen atoms in total. The Labute approximate surface area is 117 Å². The summed E-state index contributed by atoms with van der Waals surface area (Å²) in [6, 6.07) is 2.93. The SMILES string of the molecule is CC12CNCC1c1cc(Br)cc(C(F)(F)F)c1CO2. The van der Waals surface area contributed by atoms with Crippen LogP contribution in [0.1, 0.15) is 29.5 Å². The van der Waals surface area contributed by atoms with Crippen molar-refractivity contribution in [1.82, 2.24) is 5.32 Å². The molecule has 0 amide bonds. The Morgan fingerprint density at radius 2 is 2.16 bits per heavy atom. The Balaban J connectivity index is 2.18. The first kappa shape index (κ1) is 13.4. The maximum absolute atomic E-state index is 13.1. The number of hydrogen-bond acceptors (Lipinski definition) is 2. The van der Waals surface area contributed by atoms with Gasteiger partial charge in [-0.1, -0.05) is 15.9 Å². The van der Waals surface area contributed by atoms with E-state index in [1.807, 2.05) is 6.92 Å². The molecule has 2 atom stereocenters. The zero-order valence-electron chi connectivity index (χ0n) is 10.3. The highest BCUT2D eigenvalue weighted by molar-refractivity contribution is 9.10. The van der Waals surface area contributed by atoms with Crippen molar-refractivity contribution >= 4 is 15.9 Å². The number of alkyl halides is 3. The lowest BCUT2D eigenvalue weighted by Crippen LogP contribution is -2.40. The Morgan fingerprint density at radius 3 is 2.84 bits per heavy atom. The van der Waals surface area contributed by atoms with Gasteiger partial charge < -0.3 is 10.1 Å². The minimum atomic E-state index is -4.35. The summed E-state index contributed by atoms with van der Waals surface area (Å²) in [5.74, 6) is -0.0325. The molecule has 19 heavy (non-hydrogen) atoms. The third-order valence-corrected chi connectivity index (χ3v) is 4.50. The van der Waals surface area contributed by atoms with E-state index in [1.165, 1.54) is 0 Å². The lowest BCUT2D eigenvalue weighted by atomic mass is 9.80. The molecule has 0 bridgehead atoms. The van der Waals surface area contributed by atoms with Gasteiger partial charge in [-0.2, -0.15) is 13.2 Å².